The highest BCUT2D eigenvalue weighted by molar-refractivity contribution is 5.82. The summed E-state index contributed by atoms with van der Waals surface area (Å²) in [6.07, 6.45) is 0.861. The number of nitrogens with one attached hydrogen (secondary N) is 1. The summed E-state index contributed by atoms with van der Waals surface area (Å²) in [4.78, 5) is 0. The van der Waals surface area contributed by atoms with Gasteiger partial charge in [-0.3, -0.25) is 0 Å². The Morgan fingerprint density at radius 1 is 1.12 bits per heavy atom. The van der Waals surface area contributed by atoms with Gasteiger partial charge in [-0.2, -0.15) is 10.4 Å². The molecule has 0 saturated heterocycles. The maximum atomic E-state index is 14.0. The Balaban J connectivity index is 1.96. The van der Waals surface area contributed by atoms with Crippen molar-refractivity contribution in [3.63, 3.8) is 0 Å². The third-order valence-corrected chi connectivity index (χ3v) is 4.59. The van der Waals surface area contributed by atoms with Crippen LogP contribution in [0.4, 0.5) is 27.6 Å². The molecule has 2 atom stereocenters. The molecule has 2 aliphatic heterocycles. The quantitative estimate of drug-likeness (QED) is 0.393. The maximum Gasteiger partial charge on any atom is 0.296 e. The second-order valence-corrected chi connectivity index (χ2v) is 5.98. The molecule has 2 heterocycles. The van der Waals surface area contributed by atoms with E-state index in [2.05, 4.69) is 5.43 Å². The molecule has 0 aliphatic carbocycles. The number of rotatable bonds is 3. The Labute approximate surface area is 135 Å². The highest BCUT2D eigenvalue weighted by Gasteiger charge is 2.42. The fourth-order valence-corrected chi connectivity index (χ4v) is 2.98. The fraction of sp³-hybridized carbons (Fsp3) is 0.533. The highest BCUT2D eigenvalue weighted by atomic mass is 19.2. The molecule has 2 aliphatic rings. The minimum absolute atomic E-state index is 0.0357. The number of hydrogen-bond acceptors (Lipinski definition) is 3. The molecule has 0 radical (unpaired) electrons. The third-order valence-electron chi connectivity index (χ3n) is 4.59. The summed E-state index contributed by atoms with van der Waals surface area (Å²) in [6.45, 7) is 4.60. The van der Waals surface area contributed by atoms with E-state index < -0.39 is 34.8 Å². The van der Waals surface area contributed by atoms with Gasteiger partial charge in [-0.05, 0) is 12.3 Å². The summed E-state index contributed by atoms with van der Waals surface area (Å²) in [5.41, 5.74) is 1.70. The van der Waals surface area contributed by atoms with Crippen LogP contribution in [0.25, 0.3) is 0 Å². The van der Waals surface area contributed by atoms with Crippen LogP contribution in [0, 0.1) is 35.0 Å². The third kappa shape index (κ3) is 2.51. The second kappa shape index (κ2) is 6.19. The largest absolute Gasteiger partial charge is 0.364 e. The number of benzene rings is 1. The van der Waals surface area contributed by atoms with Gasteiger partial charge in [0.15, 0.2) is 35.6 Å². The smallest absolute Gasteiger partial charge is 0.296 e. The van der Waals surface area contributed by atoms with Gasteiger partial charge in [-0.25, -0.2) is 26.5 Å². The summed E-state index contributed by atoms with van der Waals surface area (Å²) in [6, 6.07) is -0.0440. The van der Waals surface area contributed by atoms with E-state index in [1.165, 1.54) is 0 Å². The van der Waals surface area contributed by atoms with Crippen molar-refractivity contribution in [3.05, 3.63) is 29.1 Å². The predicted octanol–water partition coefficient (Wildman–Crippen LogP) is 2.52. The van der Waals surface area contributed by atoms with Crippen LogP contribution in [0.3, 0.4) is 0 Å². The molecular formula is C15H17F5N3O+. The fourth-order valence-electron chi connectivity index (χ4n) is 2.98. The van der Waals surface area contributed by atoms with Crippen LogP contribution in [0.2, 0.25) is 0 Å². The number of hydrogen-bond donors (Lipinski definition) is 1. The van der Waals surface area contributed by atoms with Gasteiger partial charge in [0.05, 0.1) is 6.61 Å². The normalized spacial score (nSPS) is 21.8. The van der Waals surface area contributed by atoms with Gasteiger partial charge >= 0.3 is 0 Å². The van der Waals surface area contributed by atoms with Gasteiger partial charge in [0.1, 0.15) is 12.6 Å². The van der Waals surface area contributed by atoms with Crippen LogP contribution in [0.5, 0.6) is 0 Å². The van der Waals surface area contributed by atoms with Crippen LogP contribution in [-0.4, -0.2) is 36.3 Å². The van der Waals surface area contributed by atoms with Crippen LogP contribution < -0.4 is 10.4 Å². The number of nitrogens with zero attached hydrogens (tertiary/aromatic N) is 2. The lowest BCUT2D eigenvalue weighted by molar-refractivity contribution is -0.578. The maximum absolute atomic E-state index is 14.0. The van der Waals surface area contributed by atoms with Crippen molar-refractivity contribution in [1.82, 2.24) is 5.43 Å². The van der Waals surface area contributed by atoms with E-state index in [1.54, 1.807) is 0 Å². The zero-order valence-electron chi connectivity index (χ0n) is 13.2. The van der Waals surface area contributed by atoms with Gasteiger partial charge in [0, 0.05) is 0 Å². The Morgan fingerprint density at radius 3 is 2.29 bits per heavy atom. The molecule has 0 saturated carbocycles. The Bertz CT molecular complexity index is 680. The molecule has 3 rings (SSSR count). The van der Waals surface area contributed by atoms with E-state index in [4.69, 9.17) is 4.74 Å². The predicted molar refractivity (Wildman–Crippen MR) is 76.0 cm³/mol. The number of ether oxygens (including phenoxy) is 1. The van der Waals surface area contributed by atoms with Crippen LogP contribution >= 0.6 is 0 Å². The van der Waals surface area contributed by atoms with Crippen LogP contribution in [0.15, 0.2) is 0 Å². The minimum Gasteiger partial charge on any atom is -0.364 e. The lowest BCUT2D eigenvalue weighted by atomic mass is 9.99. The van der Waals surface area contributed by atoms with E-state index in [-0.39, 0.29) is 25.2 Å². The lowest BCUT2D eigenvalue weighted by Crippen LogP contribution is -2.45. The number of amidine groups is 1. The molecule has 4 nitrogen and oxygen atoms in total. The van der Waals surface area contributed by atoms with Gasteiger partial charge in [-0.15, -0.1) is 0 Å². The zero-order chi connectivity index (χ0) is 17.6. The average Bonchev–Trinajstić information content (AvgIpc) is 3.01. The van der Waals surface area contributed by atoms with E-state index in [9.17, 15) is 22.0 Å². The number of hydrazine groups is 1. The molecule has 24 heavy (non-hydrogen) atoms. The Morgan fingerprint density at radius 2 is 1.71 bits per heavy atom. The molecule has 0 bridgehead atoms. The van der Waals surface area contributed by atoms with Crippen molar-refractivity contribution in [2.45, 2.75) is 26.3 Å². The molecule has 0 amide bonds. The van der Waals surface area contributed by atoms with Crippen molar-refractivity contribution < 1.29 is 31.3 Å². The minimum atomic E-state index is -2.17. The standard InChI is InChI=1S/C15H16F5N3O/c1-3-7(2)8-4-24-5-9-21-23(6-22(8)9)15-13(19)11(17)10(16)12(18)14(15)20/h7-8H,3-6H2,1-2H3/p+1/t7?,8-/m1/s1. The summed E-state index contributed by atoms with van der Waals surface area (Å²) in [5, 5.41) is 0.926. The molecule has 1 unspecified atom stereocenters. The topological polar surface area (TPSA) is 27.5 Å². The number of halogens is 5. The van der Waals surface area contributed by atoms with Gasteiger partial charge in [-0.1, -0.05) is 13.8 Å². The zero-order valence-corrected chi connectivity index (χ0v) is 13.2. The summed E-state index contributed by atoms with van der Waals surface area (Å²) in [5.74, 6) is -9.04. The monoisotopic (exact) mass is 350 g/mol. The first-order valence-corrected chi connectivity index (χ1v) is 7.62. The van der Waals surface area contributed by atoms with Crippen molar-refractivity contribution in [2.24, 2.45) is 5.92 Å². The van der Waals surface area contributed by atoms with Gasteiger partial charge in [0.2, 0.25) is 5.82 Å². The molecule has 9 heteroatoms. The van der Waals surface area contributed by atoms with Crippen LogP contribution in [-0.2, 0) is 4.74 Å². The van der Waals surface area contributed by atoms with E-state index in [0.717, 1.165) is 11.4 Å². The SMILES string of the molecule is CCC(C)[C@H]1COCC2=[N+]1CN(c1c(F)c(F)c(F)c(F)c1F)N2. The van der Waals surface area contributed by atoms with Gasteiger partial charge < -0.3 is 4.74 Å². The lowest BCUT2D eigenvalue weighted by Gasteiger charge is -2.25. The first kappa shape index (κ1) is 16.9. The highest BCUT2D eigenvalue weighted by Crippen LogP contribution is 2.31. The van der Waals surface area contributed by atoms with Crippen molar-refractivity contribution >= 4 is 11.5 Å². The van der Waals surface area contributed by atoms with Crippen molar-refractivity contribution in [3.8, 4) is 0 Å². The number of anilines is 1. The molecule has 0 aromatic heterocycles. The van der Waals surface area contributed by atoms with Gasteiger partial charge in [0.25, 0.3) is 5.84 Å². The first-order chi connectivity index (χ1) is 11.4. The first-order valence-electron chi connectivity index (χ1n) is 7.62. The van der Waals surface area contributed by atoms with E-state index in [0.29, 0.717) is 12.4 Å². The van der Waals surface area contributed by atoms with Crippen molar-refractivity contribution in [1.29, 1.82) is 0 Å². The molecule has 1 aromatic carbocycles. The van der Waals surface area contributed by atoms with Crippen molar-refractivity contribution in [2.75, 3.05) is 24.9 Å². The van der Waals surface area contributed by atoms with E-state index >= 15 is 0 Å². The molecular weight excluding hydrogens is 333 g/mol. The molecule has 132 valence electrons. The van der Waals surface area contributed by atoms with Crippen LogP contribution in [0.1, 0.15) is 20.3 Å². The summed E-state index contributed by atoms with van der Waals surface area (Å²) in [7, 11) is 0. The molecule has 1 N–H and O–H groups in total. The molecule has 0 spiro atoms. The molecule has 1 aromatic rings. The summed E-state index contributed by atoms with van der Waals surface area (Å²) < 4.78 is 75.3. The second-order valence-electron chi connectivity index (χ2n) is 5.98. The average molecular weight is 350 g/mol. The molecule has 0 fully saturated rings. The Hall–Kier alpha value is -1.90. The van der Waals surface area contributed by atoms with E-state index in [1.807, 2.05) is 18.4 Å². The Kier molecular flexibility index (Phi) is 4.37. The summed E-state index contributed by atoms with van der Waals surface area (Å²) >= 11 is 0.